The van der Waals surface area contributed by atoms with Gasteiger partial charge in [-0.15, -0.1) is 0 Å². The normalized spacial score (nSPS) is 11.9. The second-order valence-electron chi connectivity index (χ2n) is 18.3. The molecule has 4 aromatic heterocycles. The summed E-state index contributed by atoms with van der Waals surface area (Å²) in [5.41, 5.74) is 16.7. The van der Waals surface area contributed by atoms with Crippen LogP contribution in [0, 0.1) is 0 Å². The van der Waals surface area contributed by atoms with E-state index in [1.165, 1.54) is 15.7 Å². The lowest BCUT2D eigenvalue weighted by Crippen LogP contribution is -2.29. The summed E-state index contributed by atoms with van der Waals surface area (Å²) in [4.78, 5) is 67.9. The summed E-state index contributed by atoms with van der Waals surface area (Å²) in [7, 11) is 3.57. The standard InChI is InChI=1S/C29H28ClN5O2.C19H20N4O3.C9H9ClN2/c1-34-18-22(16-33-34)28-17-32-26(9-5-8-20-6-3-2-4-7-20)29(37)35(28)19-23(36)11-10-21-14-25(30)24-12-13-31-27(24)15-21;1-22-12-15(10-21-22)17-11-20-16(19(26)23(17)13-18(24)25)9-5-8-14-6-3-2-4-7-14;10-8-3-6(5-11)4-9-7(8)1-2-12-9/h2-4,6-7,13-18H,5,8-12,19H2,1H3;2-4,6-7,10-12H,5,8-9,13H2,1H3,(H,24,25);2-4H,1,5,11H2. The van der Waals surface area contributed by atoms with E-state index < -0.39 is 12.5 Å². The van der Waals surface area contributed by atoms with Gasteiger partial charge in [-0.25, -0.2) is 0 Å². The first-order chi connectivity index (χ1) is 36.3. The maximum atomic E-state index is 13.5. The zero-order valence-corrected chi connectivity index (χ0v) is 43.3. The van der Waals surface area contributed by atoms with Gasteiger partial charge in [0, 0.05) is 97.0 Å². The number of carboxylic acid groups (broad SMARTS) is 1. The number of hydrogen-bond donors (Lipinski definition) is 2. The van der Waals surface area contributed by atoms with Crippen molar-refractivity contribution in [2.75, 3.05) is 0 Å². The van der Waals surface area contributed by atoms with Crippen molar-refractivity contribution in [3.8, 4) is 22.5 Å². The van der Waals surface area contributed by atoms with Crippen LogP contribution in [0.15, 0.2) is 142 Å². The highest BCUT2D eigenvalue weighted by atomic mass is 35.5. The van der Waals surface area contributed by atoms with Crippen molar-refractivity contribution in [2.45, 2.75) is 83.8 Å². The summed E-state index contributed by atoms with van der Waals surface area (Å²) >= 11 is 12.4. The number of Topliss-reactive ketones (excluding diaryl/α,β-unsaturated/α-hetero) is 1. The number of nitrogens with zero attached hydrogens (tertiary/aromatic N) is 10. The minimum atomic E-state index is -1.07. The van der Waals surface area contributed by atoms with Gasteiger partial charge in [0.05, 0.1) is 54.1 Å². The Balaban J connectivity index is 0.000000169. The molecule has 2 aliphatic rings. The van der Waals surface area contributed by atoms with Crippen molar-refractivity contribution in [2.24, 2.45) is 29.8 Å². The van der Waals surface area contributed by atoms with E-state index in [-0.39, 0.29) is 23.4 Å². The first-order valence-electron chi connectivity index (χ1n) is 24.7. The summed E-state index contributed by atoms with van der Waals surface area (Å²) < 4.78 is 6.06. The molecule has 0 amide bonds. The van der Waals surface area contributed by atoms with Gasteiger partial charge in [0.1, 0.15) is 17.9 Å². The zero-order chi connectivity index (χ0) is 52.8. The summed E-state index contributed by atoms with van der Waals surface area (Å²) in [5, 5.41) is 18.9. The molecular weight excluding hydrogens is 990 g/mol. The fourth-order valence-electron chi connectivity index (χ4n) is 8.89. The van der Waals surface area contributed by atoms with Crippen LogP contribution >= 0.6 is 23.2 Å². The molecule has 0 atom stereocenters. The number of halogens is 2. The van der Waals surface area contributed by atoms with Crippen LogP contribution in [0.1, 0.15) is 64.0 Å². The second kappa shape index (κ2) is 25.3. The number of aliphatic imine (C=N–C) groups is 2. The van der Waals surface area contributed by atoms with Crippen molar-refractivity contribution in [3.05, 3.63) is 198 Å². The summed E-state index contributed by atoms with van der Waals surface area (Å²) in [5.74, 6) is -1.10. The van der Waals surface area contributed by atoms with Crippen molar-refractivity contribution in [1.29, 1.82) is 0 Å². The smallest absolute Gasteiger partial charge is 0.323 e. The Bertz CT molecular complexity index is 3490. The molecule has 10 rings (SSSR count). The number of aryl methyl sites for hydroxylation is 7. The summed E-state index contributed by atoms with van der Waals surface area (Å²) in [6.07, 6.45) is 20.5. The molecule has 0 saturated heterocycles. The number of hydrogen-bond acceptors (Lipinski definition) is 11. The van der Waals surface area contributed by atoms with E-state index in [0.29, 0.717) is 65.6 Å². The number of benzene rings is 4. The van der Waals surface area contributed by atoms with Gasteiger partial charge in [-0.05, 0) is 91.5 Å². The van der Waals surface area contributed by atoms with E-state index in [1.807, 2.05) is 98.5 Å². The Morgan fingerprint density at radius 1 is 0.600 bits per heavy atom. The molecule has 0 aliphatic carbocycles. The zero-order valence-electron chi connectivity index (χ0n) is 41.8. The second-order valence-corrected chi connectivity index (χ2v) is 19.1. The lowest BCUT2D eigenvalue weighted by Gasteiger charge is -2.13. The molecule has 0 spiro atoms. The van der Waals surface area contributed by atoms with Crippen LogP contribution in [0.5, 0.6) is 0 Å². The number of fused-ring (bicyclic) bond motifs is 2. The molecule has 4 aromatic carbocycles. The highest BCUT2D eigenvalue weighted by Gasteiger charge is 2.19. The molecule has 384 valence electrons. The number of carboxylic acids is 1. The van der Waals surface area contributed by atoms with Gasteiger partial charge >= 0.3 is 5.97 Å². The minimum Gasteiger partial charge on any atom is -0.480 e. The summed E-state index contributed by atoms with van der Waals surface area (Å²) in [6, 6.07) is 28.0. The van der Waals surface area contributed by atoms with Gasteiger partial charge in [0.15, 0.2) is 5.78 Å². The van der Waals surface area contributed by atoms with Crippen LogP contribution in [0.2, 0.25) is 10.0 Å². The monoisotopic (exact) mass is 1050 g/mol. The maximum Gasteiger partial charge on any atom is 0.323 e. The predicted molar refractivity (Wildman–Crippen MR) is 294 cm³/mol. The Labute approximate surface area is 443 Å². The number of nitrogens with two attached hydrogens (primary N) is 1. The van der Waals surface area contributed by atoms with Crippen molar-refractivity contribution < 1.29 is 14.7 Å². The highest BCUT2D eigenvalue weighted by molar-refractivity contribution is 6.32. The predicted octanol–water partition coefficient (Wildman–Crippen LogP) is 8.89. The number of carbonyl (C=O) groups is 2. The number of rotatable bonds is 18. The first kappa shape index (κ1) is 53.4. The molecule has 0 unspecified atom stereocenters. The first-order valence-corrected chi connectivity index (χ1v) is 25.4. The van der Waals surface area contributed by atoms with Crippen LogP contribution in [-0.2, 0) is 88.3 Å². The number of aromatic nitrogens is 8. The van der Waals surface area contributed by atoms with Gasteiger partial charge in [-0.1, -0.05) is 83.9 Å². The molecule has 0 saturated carbocycles. The lowest BCUT2D eigenvalue weighted by molar-refractivity contribution is -0.137. The van der Waals surface area contributed by atoms with Crippen LogP contribution in [0.25, 0.3) is 22.5 Å². The highest BCUT2D eigenvalue weighted by Crippen LogP contribution is 2.33. The average Bonchev–Trinajstić information content (AvgIpc) is 4.26. The molecular formula is C57H57Cl2N11O5. The molecule has 0 radical (unpaired) electrons. The van der Waals surface area contributed by atoms with Gasteiger partial charge in [-0.3, -0.25) is 57.6 Å². The van der Waals surface area contributed by atoms with E-state index in [2.05, 4.69) is 42.3 Å². The van der Waals surface area contributed by atoms with Gasteiger partial charge < -0.3 is 10.8 Å². The Kier molecular flexibility index (Phi) is 18.0. The van der Waals surface area contributed by atoms with E-state index in [4.69, 9.17) is 28.9 Å². The molecule has 6 heterocycles. The fraction of sp³-hybridized carbons (Fsp3) is 0.263. The third kappa shape index (κ3) is 14.0. The largest absolute Gasteiger partial charge is 0.480 e. The minimum absolute atomic E-state index is 0.0198. The van der Waals surface area contributed by atoms with E-state index in [1.54, 1.807) is 52.0 Å². The van der Waals surface area contributed by atoms with Crippen LogP contribution in [0.3, 0.4) is 0 Å². The lowest BCUT2D eigenvalue weighted by atomic mass is 10.0. The number of carbonyl (C=O) groups excluding carboxylic acids is 1. The van der Waals surface area contributed by atoms with E-state index in [9.17, 15) is 24.3 Å². The van der Waals surface area contributed by atoms with Gasteiger partial charge in [0.2, 0.25) is 0 Å². The van der Waals surface area contributed by atoms with Crippen molar-refractivity contribution in [3.63, 3.8) is 0 Å². The SMILES string of the molecule is Cn1cc(-c2cnc(CCCc3ccccc3)c(=O)n2CC(=O)CCc2cc(Cl)c3c(c2)N=CC3)cn1.Cn1cc(-c2cnc(CCCc3ccccc3)c(=O)n2CC(=O)O)cn1.NCc1cc(Cl)c2c(c1)N=CC2. The Hall–Kier alpha value is -7.92. The van der Waals surface area contributed by atoms with Crippen molar-refractivity contribution in [1.82, 2.24) is 38.7 Å². The number of aliphatic carboxylic acids is 1. The Morgan fingerprint density at radius 3 is 1.52 bits per heavy atom. The molecule has 0 bridgehead atoms. The fourth-order valence-corrected chi connectivity index (χ4v) is 9.52. The average molecular weight is 1050 g/mol. The van der Waals surface area contributed by atoms with Crippen LogP contribution < -0.4 is 16.9 Å². The summed E-state index contributed by atoms with van der Waals surface area (Å²) in [6.45, 7) is 0.0911. The van der Waals surface area contributed by atoms with E-state index in [0.717, 1.165) is 82.7 Å². The number of ketones is 1. The van der Waals surface area contributed by atoms with Crippen LogP contribution in [0.4, 0.5) is 11.4 Å². The maximum absolute atomic E-state index is 13.5. The van der Waals surface area contributed by atoms with Crippen molar-refractivity contribution >= 4 is 58.8 Å². The molecule has 16 nitrogen and oxygen atoms in total. The third-order valence-electron chi connectivity index (χ3n) is 12.8. The molecule has 0 fully saturated rings. The van der Waals surface area contributed by atoms with Gasteiger partial charge in [0.25, 0.3) is 11.1 Å². The topological polar surface area (TPSA) is 211 Å². The molecule has 75 heavy (non-hydrogen) atoms. The van der Waals surface area contributed by atoms with Gasteiger partial charge in [-0.2, -0.15) is 10.2 Å². The molecule has 3 N–H and O–H groups in total. The molecule has 18 heteroatoms. The Morgan fingerprint density at radius 2 is 1.07 bits per heavy atom. The van der Waals surface area contributed by atoms with Crippen LogP contribution in [-0.4, -0.2) is 68.0 Å². The molecule has 2 aliphatic heterocycles. The molecule has 8 aromatic rings. The third-order valence-corrected chi connectivity index (χ3v) is 13.4. The quantitative estimate of drug-likeness (QED) is 0.0833. The van der Waals surface area contributed by atoms with E-state index >= 15 is 0 Å².